The Bertz CT molecular complexity index is 710. The van der Waals surface area contributed by atoms with E-state index in [9.17, 15) is 4.79 Å². The van der Waals surface area contributed by atoms with Gasteiger partial charge in [-0.25, -0.2) is 10.9 Å². The standard InChI is InChI=1S/C14H13N5O2/c1-21-9-4-2-8(3-5-9)6-10-12(16)11(7-15)14(20)19(18)13(10)17/h2-6,17H,16,18H2,1H3. The van der Waals surface area contributed by atoms with E-state index in [0.717, 1.165) is 5.56 Å². The topological polar surface area (TPSA) is 129 Å². The fourth-order valence-electron chi connectivity index (χ4n) is 1.85. The van der Waals surface area contributed by atoms with Crippen LogP contribution in [0.2, 0.25) is 0 Å². The summed E-state index contributed by atoms with van der Waals surface area (Å²) >= 11 is 0. The quantitative estimate of drug-likeness (QED) is 0.538. The molecule has 106 valence electrons. The number of nitriles is 1. The summed E-state index contributed by atoms with van der Waals surface area (Å²) in [4.78, 5) is 11.7. The van der Waals surface area contributed by atoms with Gasteiger partial charge >= 0.3 is 0 Å². The van der Waals surface area contributed by atoms with Gasteiger partial charge < -0.3 is 10.5 Å². The molecule has 1 heterocycles. The zero-order valence-electron chi connectivity index (χ0n) is 11.3. The van der Waals surface area contributed by atoms with Crippen LogP contribution in [0.15, 0.2) is 41.1 Å². The molecule has 0 radical (unpaired) electrons. The maximum Gasteiger partial charge on any atom is 0.286 e. The minimum atomic E-state index is -0.785. The molecule has 7 nitrogen and oxygen atoms in total. The lowest BCUT2D eigenvalue weighted by atomic mass is 9.99. The van der Waals surface area contributed by atoms with E-state index in [1.165, 1.54) is 0 Å². The molecule has 0 fully saturated rings. The molecule has 1 amide bonds. The molecule has 0 saturated carbocycles. The Balaban J connectivity index is 2.52. The number of amides is 1. The first-order valence-electron chi connectivity index (χ1n) is 5.93. The van der Waals surface area contributed by atoms with Crippen molar-refractivity contribution >= 4 is 17.8 Å². The van der Waals surface area contributed by atoms with Crippen molar-refractivity contribution in [1.29, 1.82) is 10.7 Å². The number of hydrazine groups is 1. The largest absolute Gasteiger partial charge is 0.497 e. The predicted molar refractivity (Wildman–Crippen MR) is 76.6 cm³/mol. The van der Waals surface area contributed by atoms with Gasteiger partial charge in [-0.05, 0) is 23.8 Å². The van der Waals surface area contributed by atoms with Gasteiger partial charge in [-0.2, -0.15) is 5.26 Å². The Kier molecular flexibility index (Phi) is 3.73. The van der Waals surface area contributed by atoms with Crippen LogP contribution in [0.5, 0.6) is 5.75 Å². The van der Waals surface area contributed by atoms with Crippen LogP contribution in [0.25, 0.3) is 6.08 Å². The molecule has 0 bridgehead atoms. The molecular weight excluding hydrogens is 270 g/mol. The first kappa shape index (κ1) is 14.3. The summed E-state index contributed by atoms with van der Waals surface area (Å²) in [5, 5.41) is 17.5. The third-order valence-corrected chi connectivity index (χ3v) is 3.03. The van der Waals surface area contributed by atoms with Crippen LogP contribution in [0.4, 0.5) is 0 Å². The predicted octanol–water partition coefficient (Wildman–Crippen LogP) is 0.508. The fourth-order valence-corrected chi connectivity index (χ4v) is 1.85. The molecule has 0 unspecified atom stereocenters. The molecule has 0 saturated heterocycles. The normalized spacial score (nSPS) is 17.2. The van der Waals surface area contributed by atoms with Crippen molar-refractivity contribution in [2.75, 3.05) is 7.11 Å². The number of carbonyl (C=O) groups excluding carboxylic acids is 1. The molecule has 1 aliphatic rings. The molecule has 5 N–H and O–H groups in total. The second-order valence-corrected chi connectivity index (χ2v) is 4.26. The Morgan fingerprint density at radius 3 is 2.52 bits per heavy atom. The number of nitrogens with two attached hydrogens (primary N) is 2. The van der Waals surface area contributed by atoms with Gasteiger partial charge in [0.25, 0.3) is 5.91 Å². The summed E-state index contributed by atoms with van der Waals surface area (Å²) < 4.78 is 5.05. The molecule has 7 heteroatoms. The zero-order chi connectivity index (χ0) is 15.6. The van der Waals surface area contributed by atoms with Crippen LogP contribution in [-0.2, 0) is 4.79 Å². The van der Waals surface area contributed by atoms with Gasteiger partial charge in [0.15, 0.2) is 5.84 Å². The number of methoxy groups -OCH3 is 1. The van der Waals surface area contributed by atoms with Gasteiger partial charge in [-0.3, -0.25) is 10.2 Å². The molecule has 1 aliphatic heterocycles. The highest BCUT2D eigenvalue weighted by Gasteiger charge is 2.31. The summed E-state index contributed by atoms with van der Waals surface area (Å²) in [6.45, 7) is 0. The van der Waals surface area contributed by atoms with Crippen molar-refractivity contribution in [2.24, 2.45) is 11.6 Å². The van der Waals surface area contributed by atoms with Crippen molar-refractivity contribution in [2.45, 2.75) is 0 Å². The highest BCUT2D eigenvalue weighted by molar-refractivity contribution is 6.20. The number of rotatable bonds is 2. The Morgan fingerprint density at radius 1 is 1.38 bits per heavy atom. The van der Waals surface area contributed by atoms with Crippen LogP contribution in [0.1, 0.15) is 5.56 Å². The second-order valence-electron chi connectivity index (χ2n) is 4.26. The van der Waals surface area contributed by atoms with Crippen molar-refractivity contribution in [3.63, 3.8) is 0 Å². The summed E-state index contributed by atoms with van der Waals surface area (Å²) in [6.07, 6.45) is 1.58. The summed E-state index contributed by atoms with van der Waals surface area (Å²) in [7, 11) is 1.56. The number of benzene rings is 1. The molecule has 21 heavy (non-hydrogen) atoms. The van der Waals surface area contributed by atoms with E-state index in [1.807, 2.05) is 0 Å². The third kappa shape index (κ3) is 2.48. The molecule has 0 spiro atoms. The zero-order valence-corrected chi connectivity index (χ0v) is 11.3. The molecule has 1 aromatic carbocycles. The average molecular weight is 283 g/mol. The van der Waals surface area contributed by atoms with Gasteiger partial charge in [-0.15, -0.1) is 0 Å². The van der Waals surface area contributed by atoms with E-state index in [1.54, 1.807) is 43.5 Å². The highest BCUT2D eigenvalue weighted by atomic mass is 16.5. The van der Waals surface area contributed by atoms with E-state index >= 15 is 0 Å². The lowest BCUT2D eigenvalue weighted by Crippen LogP contribution is -2.48. The molecule has 2 rings (SSSR count). The van der Waals surface area contributed by atoms with Crippen LogP contribution >= 0.6 is 0 Å². The monoisotopic (exact) mass is 283 g/mol. The molecule has 0 aliphatic carbocycles. The number of carbonyl (C=O) groups is 1. The summed E-state index contributed by atoms with van der Waals surface area (Å²) in [5.74, 6) is 5.14. The van der Waals surface area contributed by atoms with Crippen molar-refractivity contribution in [1.82, 2.24) is 5.01 Å². The third-order valence-electron chi connectivity index (χ3n) is 3.03. The SMILES string of the molecule is COc1ccc(C=C2C(=N)N(N)C(=O)C(C#N)=C2N)cc1. The molecule has 1 aromatic rings. The first-order valence-corrected chi connectivity index (χ1v) is 5.93. The Hall–Kier alpha value is -3.11. The lowest BCUT2D eigenvalue weighted by Gasteiger charge is -2.25. The summed E-state index contributed by atoms with van der Waals surface area (Å²) in [5.41, 5.74) is 6.44. The maximum atomic E-state index is 11.7. The van der Waals surface area contributed by atoms with Crippen molar-refractivity contribution in [3.8, 4) is 11.8 Å². The van der Waals surface area contributed by atoms with Crippen LogP contribution in [0.3, 0.4) is 0 Å². The average Bonchev–Trinajstić information content (AvgIpc) is 2.51. The Labute approximate surface area is 121 Å². The number of hydrogen-bond acceptors (Lipinski definition) is 6. The van der Waals surface area contributed by atoms with Crippen LogP contribution in [0, 0.1) is 16.7 Å². The lowest BCUT2D eigenvalue weighted by molar-refractivity contribution is -0.123. The van der Waals surface area contributed by atoms with Gasteiger partial charge in [0.2, 0.25) is 0 Å². The minimum absolute atomic E-state index is 0.0509. The second kappa shape index (κ2) is 5.48. The molecular formula is C14H13N5O2. The van der Waals surface area contributed by atoms with E-state index in [2.05, 4.69) is 0 Å². The Morgan fingerprint density at radius 2 is 2.00 bits per heavy atom. The number of nitrogens with zero attached hydrogens (tertiary/aromatic N) is 2. The van der Waals surface area contributed by atoms with Crippen LogP contribution in [-0.4, -0.2) is 23.9 Å². The number of amidine groups is 1. The fraction of sp³-hybridized carbons (Fsp3) is 0.0714. The van der Waals surface area contributed by atoms with Gasteiger partial charge in [0, 0.05) is 5.57 Å². The molecule has 0 atom stereocenters. The van der Waals surface area contributed by atoms with E-state index < -0.39 is 5.91 Å². The van der Waals surface area contributed by atoms with E-state index in [-0.39, 0.29) is 22.7 Å². The van der Waals surface area contributed by atoms with Gasteiger partial charge in [0.05, 0.1) is 12.8 Å². The van der Waals surface area contributed by atoms with Crippen molar-refractivity contribution in [3.05, 3.63) is 46.7 Å². The minimum Gasteiger partial charge on any atom is -0.497 e. The van der Waals surface area contributed by atoms with Gasteiger partial charge in [0.1, 0.15) is 17.4 Å². The first-order chi connectivity index (χ1) is 9.99. The number of hydrogen-bond donors (Lipinski definition) is 3. The maximum absolute atomic E-state index is 11.7. The van der Waals surface area contributed by atoms with Crippen LogP contribution < -0.4 is 16.3 Å². The number of ether oxygens (including phenoxy) is 1. The summed E-state index contributed by atoms with van der Waals surface area (Å²) in [6, 6.07) is 8.72. The van der Waals surface area contributed by atoms with E-state index in [0.29, 0.717) is 10.8 Å². The highest BCUT2D eigenvalue weighted by Crippen LogP contribution is 2.23. The molecule has 0 aromatic heterocycles. The number of nitrogens with one attached hydrogen (secondary N) is 1. The van der Waals surface area contributed by atoms with E-state index in [4.69, 9.17) is 27.0 Å². The van der Waals surface area contributed by atoms with Crippen molar-refractivity contribution < 1.29 is 9.53 Å². The van der Waals surface area contributed by atoms with Gasteiger partial charge in [-0.1, -0.05) is 12.1 Å². The smallest absolute Gasteiger partial charge is 0.286 e.